The fourth-order valence-corrected chi connectivity index (χ4v) is 2.28. The lowest BCUT2D eigenvalue weighted by atomic mass is 9.95. The van der Waals surface area contributed by atoms with E-state index in [-0.39, 0.29) is 18.5 Å². The van der Waals surface area contributed by atoms with Gasteiger partial charge in [0.25, 0.3) is 0 Å². The van der Waals surface area contributed by atoms with Gasteiger partial charge in [-0.25, -0.2) is 4.39 Å². The van der Waals surface area contributed by atoms with Gasteiger partial charge in [0.05, 0.1) is 13.3 Å². The summed E-state index contributed by atoms with van der Waals surface area (Å²) in [6.07, 6.45) is 3.35. The van der Waals surface area contributed by atoms with Crippen molar-refractivity contribution in [3.63, 3.8) is 0 Å². The van der Waals surface area contributed by atoms with E-state index in [1.807, 2.05) is 13.8 Å². The Morgan fingerprint density at radius 1 is 1.65 bits per heavy atom. The Bertz CT molecular complexity index is 400. The Balaban J connectivity index is 2.50. The number of nitrogens with two attached hydrogens (primary N) is 1. The number of hydrogen-bond donors (Lipinski definition) is 1. The van der Waals surface area contributed by atoms with Crippen molar-refractivity contribution in [2.45, 2.75) is 38.4 Å². The largest absolute Gasteiger partial charge is 0.493 e. The fourth-order valence-electron chi connectivity index (χ4n) is 2.28. The SMILES string of the molecule is COc1cnn(C(C)C)c1C(F)(CN)C1CC1. The molecule has 1 fully saturated rings. The van der Waals surface area contributed by atoms with Crippen LogP contribution in [0, 0.1) is 5.92 Å². The molecule has 0 spiro atoms. The lowest BCUT2D eigenvalue weighted by Gasteiger charge is -2.26. The zero-order valence-electron chi connectivity index (χ0n) is 10.6. The molecule has 1 aliphatic carbocycles. The summed E-state index contributed by atoms with van der Waals surface area (Å²) in [4.78, 5) is 0. The number of nitrogens with zero attached hydrogens (tertiary/aromatic N) is 2. The van der Waals surface area contributed by atoms with Gasteiger partial charge in [-0.15, -0.1) is 0 Å². The molecule has 1 aliphatic rings. The Morgan fingerprint density at radius 3 is 2.71 bits per heavy atom. The number of halogens is 1. The van der Waals surface area contributed by atoms with Crippen LogP contribution in [0.4, 0.5) is 4.39 Å². The predicted octanol–water partition coefficient (Wildman–Crippen LogP) is 2.01. The van der Waals surface area contributed by atoms with Gasteiger partial charge in [-0.3, -0.25) is 4.68 Å². The van der Waals surface area contributed by atoms with E-state index < -0.39 is 5.67 Å². The maximum atomic E-state index is 15.1. The zero-order chi connectivity index (χ0) is 12.6. The Hall–Kier alpha value is -1.10. The molecule has 0 amide bonds. The first-order valence-corrected chi connectivity index (χ1v) is 6.05. The van der Waals surface area contributed by atoms with Gasteiger partial charge < -0.3 is 10.5 Å². The molecular weight excluding hydrogens is 221 g/mol. The van der Waals surface area contributed by atoms with Crippen LogP contribution in [0.25, 0.3) is 0 Å². The van der Waals surface area contributed by atoms with E-state index in [0.29, 0.717) is 11.4 Å². The summed E-state index contributed by atoms with van der Waals surface area (Å²) in [7, 11) is 1.54. The lowest BCUT2D eigenvalue weighted by Crippen LogP contribution is -2.36. The van der Waals surface area contributed by atoms with Crippen LogP contribution in [0.15, 0.2) is 6.20 Å². The number of aromatic nitrogens is 2. The highest BCUT2D eigenvalue weighted by Crippen LogP contribution is 2.50. The Labute approximate surface area is 101 Å². The molecule has 0 saturated heterocycles. The van der Waals surface area contributed by atoms with Gasteiger partial charge in [0.2, 0.25) is 0 Å². The average molecular weight is 241 g/mol. The molecule has 2 rings (SSSR count). The third-order valence-corrected chi connectivity index (χ3v) is 3.39. The molecule has 4 nitrogen and oxygen atoms in total. The van der Waals surface area contributed by atoms with E-state index in [0.717, 1.165) is 12.8 Å². The molecule has 1 heterocycles. The molecule has 1 aromatic heterocycles. The second kappa shape index (κ2) is 4.29. The number of rotatable bonds is 5. The van der Waals surface area contributed by atoms with Gasteiger partial charge in [-0.2, -0.15) is 5.10 Å². The summed E-state index contributed by atoms with van der Waals surface area (Å²) in [6, 6.07) is 0.0920. The molecule has 17 heavy (non-hydrogen) atoms. The molecule has 0 radical (unpaired) electrons. The molecule has 1 atom stereocenters. The van der Waals surface area contributed by atoms with Gasteiger partial charge in [0, 0.05) is 18.5 Å². The van der Waals surface area contributed by atoms with Gasteiger partial charge in [0.1, 0.15) is 5.69 Å². The van der Waals surface area contributed by atoms with Crippen molar-refractivity contribution in [2.75, 3.05) is 13.7 Å². The van der Waals surface area contributed by atoms with E-state index in [1.54, 1.807) is 10.9 Å². The molecule has 1 unspecified atom stereocenters. The second-order valence-corrected chi connectivity index (χ2v) is 4.94. The molecule has 96 valence electrons. The van der Waals surface area contributed by atoms with Gasteiger partial charge in [0.15, 0.2) is 11.4 Å². The minimum absolute atomic E-state index is 0.00981. The molecule has 2 N–H and O–H groups in total. The van der Waals surface area contributed by atoms with Crippen LogP contribution < -0.4 is 10.5 Å². The quantitative estimate of drug-likeness (QED) is 0.858. The van der Waals surface area contributed by atoms with Crippen molar-refractivity contribution < 1.29 is 9.13 Å². The van der Waals surface area contributed by atoms with Crippen molar-refractivity contribution in [1.29, 1.82) is 0 Å². The van der Waals surface area contributed by atoms with E-state index in [1.165, 1.54) is 7.11 Å². The van der Waals surface area contributed by atoms with Crippen molar-refractivity contribution in [2.24, 2.45) is 11.7 Å². The molecule has 5 heteroatoms. The van der Waals surface area contributed by atoms with Crippen LogP contribution in [0.3, 0.4) is 0 Å². The van der Waals surface area contributed by atoms with Crippen molar-refractivity contribution in [1.82, 2.24) is 9.78 Å². The third-order valence-electron chi connectivity index (χ3n) is 3.39. The lowest BCUT2D eigenvalue weighted by molar-refractivity contribution is 0.122. The van der Waals surface area contributed by atoms with Crippen molar-refractivity contribution >= 4 is 0 Å². The molecular formula is C12H20FN3O. The summed E-state index contributed by atoms with van der Waals surface area (Å²) in [5, 5.41) is 4.21. The van der Waals surface area contributed by atoms with Crippen LogP contribution in [-0.4, -0.2) is 23.4 Å². The van der Waals surface area contributed by atoms with Gasteiger partial charge in [-0.1, -0.05) is 0 Å². The van der Waals surface area contributed by atoms with E-state index >= 15 is 4.39 Å². The molecule has 0 aromatic carbocycles. The summed E-state index contributed by atoms with van der Waals surface area (Å²) in [5.74, 6) is 0.508. The third kappa shape index (κ3) is 1.92. The maximum Gasteiger partial charge on any atom is 0.170 e. The molecule has 1 aromatic rings. The van der Waals surface area contributed by atoms with Gasteiger partial charge >= 0.3 is 0 Å². The monoisotopic (exact) mass is 241 g/mol. The minimum atomic E-state index is -1.51. The number of hydrogen-bond acceptors (Lipinski definition) is 3. The standard InChI is InChI=1S/C12H20FN3O/c1-8(2)16-11(10(17-3)6-15-16)12(13,7-14)9-4-5-9/h6,8-9H,4-5,7,14H2,1-3H3. The number of ether oxygens (including phenoxy) is 1. The first-order chi connectivity index (χ1) is 8.04. The summed E-state index contributed by atoms with van der Waals surface area (Å²) in [5.41, 5.74) is 4.65. The Kier molecular flexibility index (Phi) is 3.12. The van der Waals surface area contributed by atoms with Crippen LogP contribution in [0.2, 0.25) is 0 Å². The highest BCUT2D eigenvalue weighted by molar-refractivity contribution is 5.33. The zero-order valence-corrected chi connectivity index (χ0v) is 10.6. The molecule has 0 aliphatic heterocycles. The Morgan fingerprint density at radius 2 is 2.29 bits per heavy atom. The normalized spacial score (nSPS) is 19.4. The smallest absolute Gasteiger partial charge is 0.170 e. The second-order valence-electron chi connectivity index (χ2n) is 4.94. The van der Waals surface area contributed by atoms with Crippen LogP contribution in [-0.2, 0) is 5.67 Å². The molecule has 0 bridgehead atoms. The topological polar surface area (TPSA) is 53.1 Å². The van der Waals surface area contributed by atoms with E-state index in [2.05, 4.69) is 5.10 Å². The van der Waals surface area contributed by atoms with Crippen LogP contribution >= 0.6 is 0 Å². The van der Waals surface area contributed by atoms with Crippen LogP contribution in [0.5, 0.6) is 5.75 Å². The average Bonchev–Trinajstić information content (AvgIpc) is 3.07. The first-order valence-electron chi connectivity index (χ1n) is 6.05. The van der Waals surface area contributed by atoms with E-state index in [9.17, 15) is 0 Å². The van der Waals surface area contributed by atoms with Crippen LogP contribution in [0.1, 0.15) is 38.4 Å². The first kappa shape index (κ1) is 12.4. The van der Waals surface area contributed by atoms with Crippen molar-refractivity contribution in [3.05, 3.63) is 11.9 Å². The summed E-state index contributed by atoms with van der Waals surface area (Å²) >= 11 is 0. The summed E-state index contributed by atoms with van der Waals surface area (Å²) in [6.45, 7) is 3.92. The minimum Gasteiger partial charge on any atom is -0.493 e. The highest BCUT2D eigenvalue weighted by atomic mass is 19.1. The predicted molar refractivity (Wildman–Crippen MR) is 63.7 cm³/mol. The summed E-state index contributed by atoms with van der Waals surface area (Å²) < 4.78 is 22.0. The molecule has 1 saturated carbocycles. The number of alkyl halides is 1. The fraction of sp³-hybridized carbons (Fsp3) is 0.750. The van der Waals surface area contributed by atoms with E-state index in [4.69, 9.17) is 10.5 Å². The van der Waals surface area contributed by atoms with Crippen molar-refractivity contribution in [3.8, 4) is 5.75 Å². The number of methoxy groups -OCH3 is 1. The van der Waals surface area contributed by atoms with Gasteiger partial charge in [-0.05, 0) is 26.7 Å². The highest BCUT2D eigenvalue weighted by Gasteiger charge is 2.50. The maximum absolute atomic E-state index is 15.1.